The second-order valence-electron chi connectivity index (χ2n) is 5.09. The van der Waals surface area contributed by atoms with Gasteiger partial charge in [-0.1, -0.05) is 18.2 Å². The minimum atomic E-state index is -4.86. The molecule has 2 aromatic carbocycles. The van der Waals surface area contributed by atoms with Crippen molar-refractivity contribution in [2.24, 2.45) is 0 Å². The average molecular weight is 357 g/mol. The third-order valence-corrected chi connectivity index (χ3v) is 3.43. The van der Waals surface area contributed by atoms with Crippen LogP contribution >= 0.6 is 0 Å². The van der Waals surface area contributed by atoms with Gasteiger partial charge in [0.05, 0.1) is 14.2 Å². The number of aromatic hydroxyl groups is 1. The van der Waals surface area contributed by atoms with Crippen LogP contribution in [0.3, 0.4) is 0 Å². The predicted molar refractivity (Wildman–Crippen MR) is 84.9 cm³/mol. The van der Waals surface area contributed by atoms with Crippen LogP contribution in [-0.2, 0) is 13.1 Å². The normalized spacial score (nSPS) is 11.2. The molecule has 0 saturated heterocycles. The first-order valence-corrected chi connectivity index (χ1v) is 7.32. The summed E-state index contributed by atoms with van der Waals surface area (Å²) in [4.78, 5) is 0. The number of rotatable bonds is 7. The molecular formula is C17H18F3NO4. The number of nitrogens with one attached hydrogen (secondary N) is 1. The summed E-state index contributed by atoms with van der Waals surface area (Å²) in [5.74, 6) is 0.0864. The van der Waals surface area contributed by atoms with E-state index in [0.717, 1.165) is 11.6 Å². The van der Waals surface area contributed by atoms with E-state index >= 15 is 0 Å². The van der Waals surface area contributed by atoms with E-state index in [4.69, 9.17) is 9.47 Å². The minimum Gasteiger partial charge on any atom is -0.504 e. The number of phenolic OH excluding ortho intramolecular Hbond substituents is 1. The lowest BCUT2D eigenvalue weighted by molar-refractivity contribution is -0.275. The first kappa shape index (κ1) is 18.7. The Morgan fingerprint density at radius 2 is 1.68 bits per heavy atom. The van der Waals surface area contributed by atoms with Crippen LogP contribution in [0.5, 0.6) is 23.0 Å². The first-order chi connectivity index (χ1) is 11.8. The Morgan fingerprint density at radius 1 is 0.960 bits per heavy atom. The summed E-state index contributed by atoms with van der Waals surface area (Å²) < 4.78 is 51.1. The summed E-state index contributed by atoms with van der Waals surface area (Å²) in [5, 5.41) is 13.0. The molecule has 0 aliphatic rings. The van der Waals surface area contributed by atoms with E-state index in [2.05, 4.69) is 10.1 Å². The molecule has 2 rings (SSSR count). The quantitative estimate of drug-likeness (QED) is 0.793. The number of phenols is 1. The zero-order valence-electron chi connectivity index (χ0n) is 13.7. The van der Waals surface area contributed by atoms with Crippen LogP contribution in [0.2, 0.25) is 0 Å². The smallest absolute Gasteiger partial charge is 0.504 e. The third kappa shape index (κ3) is 5.18. The highest BCUT2D eigenvalue weighted by Gasteiger charge is 2.32. The maximum atomic E-state index is 12.3. The van der Waals surface area contributed by atoms with E-state index < -0.39 is 17.9 Å². The Bertz CT molecular complexity index is 720. The summed E-state index contributed by atoms with van der Waals surface area (Å²) in [7, 11) is 3.08. The predicted octanol–water partition coefficient (Wildman–Crippen LogP) is 3.60. The maximum Gasteiger partial charge on any atom is 0.573 e. The minimum absolute atomic E-state index is 0.149. The van der Waals surface area contributed by atoms with E-state index in [-0.39, 0.29) is 12.1 Å². The van der Waals surface area contributed by atoms with E-state index in [0.29, 0.717) is 18.0 Å². The Balaban J connectivity index is 2.04. The van der Waals surface area contributed by atoms with Crippen molar-refractivity contribution in [3.63, 3.8) is 0 Å². The zero-order chi connectivity index (χ0) is 18.4. The van der Waals surface area contributed by atoms with Gasteiger partial charge in [-0.15, -0.1) is 13.2 Å². The first-order valence-electron chi connectivity index (χ1n) is 7.32. The second kappa shape index (κ2) is 7.98. The number of hydrogen-bond donors (Lipinski definition) is 2. The Morgan fingerprint density at radius 3 is 2.32 bits per heavy atom. The lowest BCUT2D eigenvalue weighted by Crippen LogP contribution is -2.18. The second-order valence-corrected chi connectivity index (χ2v) is 5.09. The van der Waals surface area contributed by atoms with Gasteiger partial charge in [-0.25, -0.2) is 0 Å². The van der Waals surface area contributed by atoms with Gasteiger partial charge in [0.25, 0.3) is 0 Å². The van der Waals surface area contributed by atoms with Gasteiger partial charge in [0.2, 0.25) is 0 Å². The average Bonchev–Trinajstić information content (AvgIpc) is 2.57. The Labute approximate surface area is 142 Å². The topological polar surface area (TPSA) is 60.0 Å². The van der Waals surface area contributed by atoms with Crippen LogP contribution in [0.1, 0.15) is 11.1 Å². The summed E-state index contributed by atoms with van der Waals surface area (Å²) in [6, 6.07) is 9.26. The molecule has 2 aromatic rings. The number of alkyl halides is 3. The van der Waals surface area contributed by atoms with Crippen LogP contribution in [0, 0.1) is 0 Å². The van der Waals surface area contributed by atoms with Crippen molar-refractivity contribution in [3.05, 3.63) is 47.5 Å². The van der Waals surface area contributed by atoms with Gasteiger partial charge < -0.3 is 24.6 Å². The van der Waals surface area contributed by atoms with Gasteiger partial charge in [0.1, 0.15) is 11.5 Å². The molecule has 0 aliphatic heterocycles. The van der Waals surface area contributed by atoms with E-state index in [1.165, 1.54) is 19.2 Å². The van der Waals surface area contributed by atoms with Crippen molar-refractivity contribution in [1.82, 2.24) is 5.32 Å². The number of para-hydroxylation sites is 1. The van der Waals surface area contributed by atoms with E-state index in [1.54, 1.807) is 19.2 Å². The molecule has 0 atom stereocenters. The molecule has 0 unspecified atom stereocenters. The molecule has 8 heteroatoms. The molecule has 0 bridgehead atoms. The maximum absolute atomic E-state index is 12.3. The Kier molecular flexibility index (Phi) is 5.97. The van der Waals surface area contributed by atoms with Crippen LogP contribution in [0.25, 0.3) is 0 Å². The molecule has 0 heterocycles. The molecule has 136 valence electrons. The van der Waals surface area contributed by atoms with Gasteiger partial charge >= 0.3 is 6.36 Å². The number of ether oxygens (including phenoxy) is 3. The van der Waals surface area contributed by atoms with Crippen molar-refractivity contribution in [2.75, 3.05) is 14.2 Å². The highest BCUT2D eigenvalue weighted by atomic mass is 19.4. The Hall–Kier alpha value is -2.61. The highest BCUT2D eigenvalue weighted by molar-refractivity contribution is 5.45. The molecule has 0 aromatic heterocycles. The van der Waals surface area contributed by atoms with Crippen LogP contribution in [-0.4, -0.2) is 25.7 Å². The largest absolute Gasteiger partial charge is 0.573 e. The SMILES string of the molecule is COc1ccc(CNCc2cccc(OC(F)(F)F)c2O)c(OC)c1. The number of methoxy groups -OCH3 is 2. The van der Waals surface area contributed by atoms with Crippen LogP contribution in [0.4, 0.5) is 13.2 Å². The third-order valence-electron chi connectivity index (χ3n) is 3.43. The van der Waals surface area contributed by atoms with Crippen molar-refractivity contribution >= 4 is 0 Å². The molecule has 0 spiro atoms. The summed E-state index contributed by atoms with van der Waals surface area (Å²) in [5.41, 5.74) is 1.12. The van der Waals surface area contributed by atoms with Crippen molar-refractivity contribution in [3.8, 4) is 23.0 Å². The summed E-state index contributed by atoms with van der Waals surface area (Å²) in [6.45, 7) is 0.535. The van der Waals surface area contributed by atoms with Gasteiger partial charge in [0, 0.05) is 30.3 Å². The van der Waals surface area contributed by atoms with Crippen molar-refractivity contribution < 1.29 is 32.5 Å². The van der Waals surface area contributed by atoms with Gasteiger partial charge in [0.15, 0.2) is 11.5 Å². The molecule has 5 nitrogen and oxygen atoms in total. The number of hydrogen-bond acceptors (Lipinski definition) is 5. The van der Waals surface area contributed by atoms with Gasteiger partial charge in [-0.3, -0.25) is 0 Å². The van der Waals surface area contributed by atoms with Crippen LogP contribution in [0.15, 0.2) is 36.4 Å². The zero-order valence-corrected chi connectivity index (χ0v) is 13.7. The fourth-order valence-electron chi connectivity index (χ4n) is 2.25. The lowest BCUT2D eigenvalue weighted by Gasteiger charge is -2.14. The molecular weight excluding hydrogens is 339 g/mol. The molecule has 0 saturated carbocycles. The van der Waals surface area contributed by atoms with E-state index in [1.807, 2.05) is 6.07 Å². The standard InChI is InChI=1S/C17H18F3NO4/c1-23-13-7-6-11(15(8-13)24-2)9-21-10-12-4-3-5-14(16(12)22)25-17(18,19)20/h3-8,21-22H,9-10H2,1-2H3. The highest BCUT2D eigenvalue weighted by Crippen LogP contribution is 2.34. The van der Waals surface area contributed by atoms with E-state index in [9.17, 15) is 18.3 Å². The summed E-state index contributed by atoms with van der Waals surface area (Å²) in [6.07, 6.45) is -4.86. The number of halogens is 3. The fraction of sp³-hybridized carbons (Fsp3) is 0.294. The van der Waals surface area contributed by atoms with Crippen LogP contribution < -0.4 is 19.5 Å². The molecule has 25 heavy (non-hydrogen) atoms. The lowest BCUT2D eigenvalue weighted by atomic mass is 10.1. The fourth-order valence-corrected chi connectivity index (χ4v) is 2.25. The summed E-state index contributed by atoms with van der Waals surface area (Å²) >= 11 is 0. The molecule has 0 aliphatic carbocycles. The van der Waals surface area contributed by atoms with Crippen molar-refractivity contribution in [1.29, 1.82) is 0 Å². The van der Waals surface area contributed by atoms with Crippen molar-refractivity contribution in [2.45, 2.75) is 19.5 Å². The van der Waals surface area contributed by atoms with Gasteiger partial charge in [-0.2, -0.15) is 0 Å². The van der Waals surface area contributed by atoms with Gasteiger partial charge in [-0.05, 0) is 12.1 Å². The molecule has 0 radical (unpaired) electrons. The molecule has 2 N–H and O–H groups in total. The number of benzene rings is 2. The monoisotopic (exact) mass is 357 g/mol. The molecule has 0 fully saturated rings. The molecule has 0 amide bonds.